The molecular weight excluding hydrogens is 418 g/mol. The molecule has 3 aromatic rings. The van der Waals surface area contributed by atoms with Gasteiger partial charge in [-0.3, -0.25) is 9.88 Å². The van der Waals surface area contributed by atoms with Crippen molar-refractivity contribution in [3.05, 3.63) is 72.0 Å². The number of H-pyrrole nitrogens is 1. The number of allylic oxidation sites excluding steroid dienone is 1. The minimum atomic E-state index is 0.381. The first-order valence-corrected chi connectivity index (χ1v) is 13.3. The molecule has 0 bridgehead atoms. The standard InChI is InChI=1S/C29H39N5/c1-2-3-18-30-20-17-22-13-15-24(16-14-22)34(21-28-32-25-10-4-5-11-26(25)33-28)27-12-6-8-23-9-7-19-31-29(23)27/h4-5,7,9-11,17,19-20,22,24,27,30H,2-3,6,8,12-16,18,21H2,1H3,(H,32,33)/b20-17+. The Morgan fingerprint density at radius 3 is 2.82 bits per heavy atom. The topological polar surface area (TPSA) is 56.8 Å². The molecule has 2 N–H and O–H groups in total. The van der Waals surface area contributed by atoms with Crippen LogP contribution in [0.3, 0.4) is 0 Å². The monoisotopic (exact) mass is 457 g/mol. The third kappa shape index (κ3) is 5.35. The smallest absolute Gasteiger partial charge is 0.121 e. The highest BCUT2D eigenvalue weighted by Gasteiger charge is 2.34. The fourth-order valence-corrected chi connectivity index (χ4v) is 5.85. The van der Waals surface area contributed by atoms with Gasteiger partial charge >= 0.3 is 0 Å². The minimum absolute atomic E-state index is 0.381. The summed E-state index contributed by atoms with van der Waals surface area (Å²) in [6, 6.07) is 13.7. The van der Waals surface area contributed by atoms with Crippen LogP contribution in [0.4, 0.5) is 0 Å². The summed E-state index contributed by atoms with van der Waals surface area (Å²) < 4.78 is 0. The van der Waals surface area contributed by atoms with Crippen LogP contribution in [0.1, 0.15) is 81.4 Å². The molecule has 1 saturated carbocycles. The Hall–Kier alpha value is -2.66. The van der Waals surface area contributed by atoms with Gasteiger partial charge in [0.05, 0.1) is 29.3 Å². The predicted octanol–water partition coefficient (Wildman–Crippen LogP) is 6.30. The summed E-state index contributed by atoms with van der Waals surface area (Å²) in [4.78, 5) is 16.2. The molecule has 1 unspecified atom stereocenters. The minimum Gasteiger partial charge on any atom is -0.391 e. The van der Waals surface area contributed by atoms with Crippen LogP contribution >= 0.6 is 0 Å². The van der Waals surface area contributed by atoms with Crippen molar-refractivity contribution >= 4 is 11.0 Å². The van der Waals surface area contributed by atoms with Gasteiger partial charge in [-0.05, 0) is 87.2 Å². The zero-order valence-corrected chi connectivity index (χ0v) is 20.5. The summed E-state index contributed by atoms with van der Waals surface area (Å²) in [5.74, 6) is 1.77. The zero-order valence-electron chi connectivity index (χ0n) is 20.5. The average Bonchev–Trinajstić information content (AvgIpc) is 3.30. The van der Waals surface area contributed by atoms with E-state index < -0.39 is 0 Å². The van der Waals surface area contributed by atoms with E-state index in [1.165, 1.54) is 62.6 Å². The largest absolute Gasteiger partial charge is 0.391 e. The number of hydrogen-bond donors (Lipinski definition) is 2. The Kier molecular flexibility index (Phi) is 7.59. The predicted molar refractivity (Wildman–Crippen MR) is 139 cm³/mol. The van der Waals surface area contributed by atoms with Gasteiger partial charge in [0.25, 0.3) is 0 Å². The molecule has 0 radical (unpaired) electrons. The molecule has 0 saturated heterocycles. The second-order valence-electron chi connectivity index (χ2n) is 10.1. The summed E-state index contributed by atoms with van der Waals surface area (Å²) in [7, 11) is 0. The van der Waals surface area contributed by atoms with Gasteiger partial charge in [0.15, 0.2) is 0 Å². The van der Waals surface area contributed by atoms with Crippen molar-refractivity contribution in [3.63, 3.8) is 0 Å². The number of fused-ring (bicyclic) bond motifs is 2. The summed E-state index contributed by atoms with van der Waals surface area (Å²) in [5, 5.41) is 3.46. The number of para-hydroxylation sites is 2. The summed E-state index contributed by atoms with van der Waals surface area (Å²) in [6.07, 6.45) is 17.6. The Morgan fingerprint density at radius 2 is 1.97 bits per heavy atom. The van der Waals surface area contributed by atoms with Crippen molar-refractivity contribution in [3.8, 4) is 0 Å². The number of nitrogens with zero attached hydrogens (tertiary/aromatic N) is 3. The van der Waals surface area contributed by atoms with Crippen LogP contribution in [-0.4, -0.2) is 32.4 Å². The van der Waals surface area contributed by atoms with Crippen molar-refractivity contribution in [2.75, 3.05) is 6.54 Å². The quantitative estimate of drug-likeness (QED) is 0.370. The second-order valence-corrected chi connectivity index (χ2v) is 10.1. The van der Waals surface area contributed by atoms with Gasteiger partial charge in [-0.15, -0.1) is 0 Å². The number of imidazole rings is 1. The third-order valence-electron chi connectivity index (χ3n) is 7.71. The first-order valence-electron chi connectivity index (χ1n) is 13.3. The lowest BCUT2D eigenvalue weighted by molar-refractivity contribution is 0.0731. The average molecular weight is 458 g/mol. The number of nitrogens with one attached hydrogen (secondary N) is 2. The number of rotatable bonds is 9. The van der Waals surface area contributed by atoms with Gasteiger partial charge in [-0.25, -0.2) is 4.98 Å². The van der Waals surface area contributed by atoms with Crippen LogP contribution < -0.4 is 5.32 Å². The first kappa shape index (κ1) is 23.1. The van der Waals surface area contributed by atoms with E-state index in [2.05, 4.69) is 70.8 Å². The van der Waals surface area contributed by atoms with E-state index in [4.69, 9.17) is 9.97 Å². The molecule has 0 aliphatic heterocycles. The normalized spacial score (nSPS) is 22.9. The summed E-state index contributed by atoms with van der Waals surface area (Å²) in [6.45, 7) is 4.19. The molecular formula is C29H39N5. The van der Waals surface area contributed by atoms with E-state index in [-0.39, 0.29) is 0 Å². The molecule has 2 aliphatic rings. The molecule has 2 aliphatic carbocycles. The molecule has 2 heterocycles. The van der Waals surface area contributed by atoms with Crippen molar-refractivity contribution in [2.24, 2.45) is 5.92 Å². The van der Waals surface area contributed by atoms with Gasteiger partial charge < -0.3 is 10.3 Å². The van der Waals surface area contributed by atoms with Crippen LogP contribution in [0.2, 0.25) is 0 Å². The molecule has 1 atom stereocenters. The van der Waals surface area contributed by atoms with Gasteiger partial charge in [0.1, 0.15) is 5.82 Å². The van der Waals surface area contributed by atoms with Gasteiger partial charge in [0.2, 0.25) is 0 Å². The van der Waals surface area contributed by atoms with E-state index >= 15 is 0 Å². The van der Waals surface area contributed by atoms with E-state index in [9.17, 15) is 0 Å². The van der Waals surface area contributed by atoms with Crippen LogP contribution in [0.15, 0.2) is 54.9 Å². The maximum atomic E-state index is 4.94. The molecule has 0 spiro atoms. The Bertz CT molecular complexity index is 1050. The summed E-state index contributed by atoms with van der Waals surface area (Å²) >= 11 is 0. The van der Waals surface area contributed by atoms with E-state index in [0.717, 1.165) is 36.4 Å². The fourth-order valence-electron chi connectivity index (χ4n) is 5.85. The molecule has 2 aromatic heterocycles. The van der Waals surface area contributed by atoms with Gasteiger partial charge in [-0.2, -0.15) is 0 Å². The lowest BCUT2D eigenvalue weighted by Gasteiger charge is -2.42. The molecule has 0 amide bonds. The number of hydrogen-bond acceptors (Lipinski definition) is 4. The Labute approximate surface area is 204 Å². The van der Waals surface area contributed by atoms with Gasteiger partial charge in [-0.1, -0.05) is 37.6 Å². The van der Waals surface area contributed by atoms with Crippen LogP contribution in [0, 0.1) is 5.92 Å². The van der Waals surface area contributed by atoms with E-state index in [1.54, 1.807) is 0 Å². The summed E-state index contributed by atoms with van der Waals surface area (Å²) in [5.41, 5.74) is 4.92. The fraction of sp³-hybridized carbons (Fsp3) is 0.517. The van der Waals surface area contributed by atoms with Crippen molar-refractivity contribution in [1.29, 1.82) is 0 Å². The molecule has 34 heavy (non-hydrogen) atoms. The Morgan fingerprint density at radius 1 is 1.09 bits per heavy atom. The van der Waals surface area contributed by atoms with Crippen LogP contribution in [-0.2, 0) is 13.0 Å². The molecule has 5 rings (SSSR count). The maximum absolute atomic E-state index is 4.94. The molecule has 5 heteroatoms. The number of benzene rings is 1. The Balaban J connectivity index is 1.33. The molecule has 5 nitrogen and oxygen atoms in total. The number of unbranched alkanes of at least 4 members (excludes halogenated alkanes) is 1. The molecule has 1 fully saturated rings. The second kappa shape index (κ2) is 11.2. The number of aryl methyl sites for hydroxylation is 1. The van der Waals surface area contributed by atoms with E-state index in [1.807, 2.05) is 6.20 Å². The van der Waals surface area contributed by atoms with Crippen molar-refractivity contribution < 1.29 is 0 Å². The number of pyridine rings is 1. The van der Waals surface area contributed by atoms with Crippen molar-refractivity contribution in [2.45, 2.75) is 83.3 Å². The van der Waals surface area contributed by atoms with Crippen LogP contribution in [0.5, 0.6) is 0 Å². The number of aromatic amines is 1. The zero-order chi connectivity index (χ0) is 23.2. The highest BCUT2D eigenvalue weighted by molar-refractivity contribution is 5.74. The van der Waals surface area contributed by atoms with Crippen LogP contribution in [0.25, 0.3) is 11.0 Å². The molecule has 1 aromatic carbocycles. The lowest BCUT2D eigenvalue weighted by Crippen LogP contribution is -2.42. The lowest BCUT2D eigenvalue weighted by atomic mass is 9.83. The SMILES string of the molecule is CCCCN/C=C/C1CCC(N(Cc2nc3ccccc3[nH]2)C2CCCc3cccnc32)CC1. The first-order chi connectivity index (χ1) is 16.8. The van der Waals surface area contributed by atoms with Gasteiger partial charge in [0, 0.05) is 18.8 Å². The maximum Gasteiger partial charge on any atom is 0.121 e. The highest BCUT2D eigenvalue weighted by Crippen LogP contribution is 2.39. The molecule has 180 valence electrons. The number of aromatic nitrogens is 3. The third-order valence-corrected chi connectivity index (χ3v) is 7.71. The van der Waals surface area contributed by atoms with Crippen molar-refractivity contribution in [1.82, 2.24) is 25.2 Å². The highest BCUT2D eigenvalue weighted by atomic mass is 15.2. The van der Waals surface area contributed by atoms with E-state index in [0.29, 0.717) is 18.0 Å².